The maximum Gasteiger partial charge on any atom is 0.514 e. The molecule has 0 spiro atoms. The van der Waals surface area contributed by atoms with Gasteiger partial charge in [0.25, 0.3) is 0 Å². The van der Waals surface area contributed by atoms with Gasteiger partial charge in [-0.15, -0.1) is 0 Å². The Hall–Kier alpha value is -0.290. The monoisotopic (exact) mass is 236 g/mol. The molecule has 0 saturated heterocycles. The summed E-state index contributed by atoms with van der Waals surface area (Å²) in [6.07, 6.45) is 0. The third-order valence-corrected chi connectivity index (χ3v) is 1.55. The lowest BCUT2D eigenvalue weighted by atomic mass is 10.3. The van der Waals surface area contributed by atoms with Gasteiger partial charge in [-0.1, -0.05) is 18.2 Å². The Morgan fingerprint density at radius 2 is 1.89 bits per heavy atom. The molecule has 0 atom stereocenters. The maximum absolute atomic E-state index is 9.99. The van der Waals surface area contributed by atoms with Gasteiger partial charge < -0.3 is 3.44 Å². The first-order valence-electron chi connectivity index (χ1n) is 2.42. The van der Waals surface area contributed by atoms with E-state index in [2.05, 4.69) is 0 Å². The zero-order valence-corrected chi connectivity index (χ0v) is 6.74. The van der Waals surface area contributed by atoms with Gasteiger partial charge in [-0.2, -0.15) is 0 Å². The number of benzene rings is 1. The van der Waals surface area contributed by atoms with Crippen LogP contribution in [0.15, 0.2) is 30.3 Å². The number of halogens is 1. The van der Waals surface area contributed by atoms with Crippen molar-refractivity contribution in [3.05, 3.63) is 30.3 Å². The molecule has 0 fully saturated rings. The highest BCUT2D eigenvalue weighted by atomic mass is 127. The van der Waals surface area contributed by atoms with Crippen molar-refractivity contribution < 1.29 is 28.5 Å². The average molecular weight is 236 g/mol. The van der Waals surface area contributed by atoms with Gasteiger partial charge in [-0.3, -0.25) is 3.07 Å². The van der Waals surface area contributed by atoms with Crippen molar-refractivity contribution in [1.82, 2.24) is 0 Å². The molecule has 2 nitrogen and oxygen atoms in total. The van der Waals surface area contributed by atoms with Crippen molar-refractivity contribution in [1.29, 1.82) is 0 Å². The molecule has 0 amide bonds. The summed E-state index contributed by atoms with van der Waals surface area (Å²) < 4.78 is 14.7. The first-order chi connectivity index (χ1) is 4.43. The fourth-order valence-corrected chi connectivity index (χ4v) is 1.01. The lowest BCUT2D eigenvalue weighted by Crippen LogP contribution is -3.72. The SMILES string of the molecule is [O-][I+]Oc1ccccc1. The summed E-state index contributed by atoms with van der Waals surface area (Å²) in [7, 11) is 0. The lowest BCUT2D eigenvalue weighted by molar-refractivity contribution is -1.25. The fraction of sp³-hybridized carbons (Fsp3) is 0. The van der Waals surface area contributed by atoms with E-state index in [0.29, 0.717) is 5.75 Å². The standard InChI is InChI=1S/C6H5IO2/c8-7-9-6-4-2-1-3-5-6/h1-5H. The van der Waals surface area contributed by atoms with Crippen molar-refractivity contribution in [2.75, 3.05) is 0 Å². The first-order valence-corrected chi connectivity index (χ1v) is 4.19. The van der Waals surface area contributed by atoms with E-state index >= 15 is 0 Å². The van der Waals surface area contributed by atoms with Crippen LogP contribution in [0.4, 0.5) is 0 Å². The van der Waals surface area contributed by atoms with Crippen LogP contribution in [0.1, 0.15) is 0 Å². The van der Waals surface area contributed by atoms with Crippen molar-refractivity contribution in [3.8, 4) is 5.75 Å². The maximum atomic E-state index is 9.99. The van der Waals surface area contributed by atoms with Crippen LogP contribution in [-0.4, -0.2) is 0 Å². The topological polar surface area (TPSA) is 32.3 Å². The minimum absolute atomic E-state index is 0.681. The van der Waals surface area contributed by atoms with Crippen LogP contribution in [0.2, 0.25) is 0 Å². The van der Waals surface area contributed by atoms with Crippen molar-refractivity contribution in [2.24, 2.45) is 0 Å². The van der Waals surface area contributed by atoms with Crippen molar-refractivity contribution in [3.63, 3.8) is 0 Å². The summed E-state index contributed by atoms with van der Waals surface area (Å²) in [5.41, 5.74) is 0. The highest BCUT2D eigenvalue weighted by molar-refractivity contribution is 5.19. The van der Waals surface area contributed by atoms with E-state index < -0.39 is 22.0 Å². The normalized spacial score (nSPS) is 9.00. The van der Waals surface area contributed by atoms with E-state index in [-0.39, 0.29) is 0 Å². The zero-order chi connectivity index (χ0) is 6.53. The Labute approximate surface area is 64.8 Å². The van der Waals surface area contributed by atoms with E-state index in [1.165, 1.54) is 0 Å². The molecule has 1 aromatic carbocycles. The molecular weight excluding hydrogens is 231 g/mol. The molecular formula is C6H5IO2. The molecule has 0 heterocycles. The van der Waals surface area contributed by atoms with E-state index in [1.807, 2.05) is 18.2 Å². The highest BCUT2D eigenvalue weighted by Crippen LogP contribution is 2.03. The second-order valence-corrected chi connectivity index (χ2v) is 2.25. The summed E-state index contributed by atoms with van der Waals surface area (Å²) in [6, 6.07) is 9.12. The predicted octanol–water partition coefficient (Wildman–Crippen LogP) is -2.66. The number of hydrogen-bond donors (Lipinski definition) is 0. The van der Waals surface area contributed by atoms with E-state index in [4.69, 9.17) is 3.07 Å². The summed E-state index contributed by atoms with van der Waals surface area (Å²) >= 11 is -1.32. The highest BCUT2D eigenvalue weighted by Gasteiger charge is 1.94. The fourth-order valence-electron chi connectivity index (χ4n) is 0.508. The molecule has 0 aromatic heterocycles. The molecule has 0 aliphatic rings. The van der Waals surface area contributed by atoms with Crippen LogP contribution in [-0.2, 0) is 0 Å². The van der Waals surface area contributed by atoms with Gasteiger partial charge in [-0.05, 0) is 12.1 Å². The smallest absolute Gasteiger partial charge is 0.514 e. The van der Waals surface area contributed by atoms with Gasteiger partial charge in [0.15, 0.2) is 5.75 Å². The molecule has 0 radical (unpaired) electrons. The summed E-state index contributed by atoms with van der Waals surface area (Å²) in [5, 5.41) is 0. The summed E-state index contributed by atoms with van der Waals surface area (Å²) in [6.45, 7) is 0. The summed E-state index contributed by atoms with van der Waals surface area (Å²) in [4.78, 5) is 0. The molecule has 0 saturated carbocycles. The van der Waals surface area contributed by atoms with Gasteiger partial charge in [0.05, 0.1) is 0 Å². The third kappa shape index (κ3) is 2.19. The van der Waals surface area contributed by atoms with Crippen LogP contribution in [0, 0.1) is 0 Å². The Morgan fingerprint density at radius 1 is 1.22 bits per heavy atom. The number of para-hydroxylation sites is 1. The Kier molecular flexibility index (Phi) is 2.79. The molecule has 3 heteroatoms. The van der Waals surface area contributed by atoms with Gasteiger partial charge in [0.1, 0.15) is 0 Å². The van der Waals surface area contributed by atoms with Crippen LogP contribution in [0.25, 0.3) is 0 Å². The minimum Gasteiger partial charge on any atom is -0.558 e. The van der Waals surface area contributed by atoms with Crippen LogP contribution < -0.4 is 28.5 Å². The van der Waals surface area contributed by atoms with Crippen molar-refractivity contribution in [2.45, 2.75) is 0 Å². The molecule has 0 N–H and O–H groups in total. The van der Waals surface area contributed by atoms with E-state index in [0.717, 1.165) is 0 Å². The molecule has 0 aliphatic heterocycles. The van der Waals surface area contributed by atoms with E-state index in [1.54, 1.807) is 12.1 Å². The molecule has 1 aromatic rings. The predicted molar refractivity (Wildman–Crippen MR) is 27.1 cm³/mol. The second-order valence-electron chi connectivity index (χ2n) is 1.45. The summed E-state index contributed by atoms with van der Waals surface area (Å²) in [5.74, 6) is 0.681. The number of rotatable bonds is 2. The molecule has 0 unspecified atom stereocenters. The van der Waals surface area contributed by atoms with Gasteiger partial charge in [-0.25, -0.2) is 0 Å². The molecule has 0 aliphatic carbocycles. The zero-order valence-electron chi connectivity index (χ0n) is 4.58. The van der Waals surface area contributed by atoms with Gasteiger partial charge in [0, 0.05) is 0 Å². The van der Waals surface area contributed by atoms with Crippen LogP contribution in [0.5, 0.6) is 5.75 Å². The van der Waals surface area contributed by atoms with Crippen LogP contribution >= 0.6 is 0 Å². The van der Waals surface area contributed by atoms with Crippen molar-refractivity contribution >= 4 is 0 Å². The Balaban J connectivity index is 2.61. The molecule has 1 rings (SSSR count). The minimum atomic E-state index is -1.32. The lowest BCUT2D eigenvalue weighted by Gasteiger charge is -1.87. The Morgan fingerprint density at radius 3 is 2.44 bits per heavy atom. The molecule has 0 bridgehead atoms. The van der Waals surface area contributed by atoms with E-state index in [9.17, 15) is 3.44 Å². The van der Waals surface area contributed by atoms with Crippen LogP contribution in [0.3, 0.4) is 0 Å². The average Bonchev–Trinajstić information content (AvgIpc) is 1.91. The van der Waals surface area contributed by atoms with Gasteiger partial charge >= 0.3 is 22.0 Å². The molecule has 48 valence electrons. The number of hydrogen-bond acceptors (Lipinski definition) is 2. The van der Waals surface area contributed by atoms with Gasteiger partial charge in [0.2, 0.25) is 0 Å². The first kappa shape index (κ1) is 6.82. The third-order valence-electron chi connectivity index (χ3n) is 0.864. The second kappa shape index (κ2) is 3.68. The largest absolute Gasteiger partial charge is 0.558 e. The Bertz CT molecular complexity index is 164. The molecule has 9 heavy (non-hydrogen) atoms. The quantitative estimate of drug-likeness (QED) is 0.525.